The lowest BCUT2D eigenvalue weighted by Gasteiger charge is -2.04. The number of rotatable bonds is 3. The lowest BCUT2D eigenvalue weighted by molar-refractivity contribution is 0.102. The average Bonchev–Trinajstić information content (AvgIpc) is 3.06. The Labute approximate surface area is 147 Å². The first kappa shape index (κ1) is 16.0. The lowest BCUT2D eigenvalue weighted by atomic mass is 10.2. The highest BCUT2D eigenvalue weighted by atomic mass is 19.1. The largest absolute Gasteiger partial charge is 0.436 e. The molecule has 0 aliphatic heterocycles. The van der Waals surface area contributed by atoms with Crippen LogP contribution >= 0.6 is 0 Å². The molecule has 0 radical (unpaired) electrons. The van der Waals surface area contributed by atoms with Crippen LogP contribution in [0.25, 0.3) is 22.6 Å². The first-order chi connectivity index (χ1) is 12.6. The second-order valence-corrected chi connectivity index (χ2v) is 5.67. The quantitative estimate of drug-likeness (QED) is 0.564. The Morgan fingerprint density at radius 2 is 1.54 bits per heavy atom. The summed E-state index contributed by atoms with van der Waals surface area (Å²) in [5.41, 5.74) is 2.63. The summed E-state index contributed by atoms with van der Waals surface area (Å²) in [6.07, 6.45) is 0. The Hall–Kier alpha value is -3.54. The Balaban J connectivity index is 1.60. The Bertz CT molecular complexity index is 1090. The summed E-state index contributed by atoms with van der Waals surface area (Å²) < 4.78 is 31.6. The molecule has 128 valence electrons. The fourth-order valence-corrected chi connectivity index (χ4v) is 2.53. The highest BCUT2D eigenvalue weighted by molar-refractivity contribution is 6.04. The molecule has 3 aromatic carbocycles. The van der Waals surface area contributed by atoms with Crippen molar-refractivity contribution in [3.63, 3.8) is 0 Å². The molecule has 4 nitrogen and oxygen atoms in total. The third-order valence-electron chi connectivity index (χ3n) is 3.84. The molecule has 0 spiro atoms. The van der Waals surface area contributed by atoms with Crippen LogP contribution in [0.1, 0.15) is 10.4 Å². The number of nitrogens with zero attached hydrogens (tertiary/aromatic N) is 1. The summed E-state index contributed by atoms with van der Waals surface area (Å²) in [7, 11) is 0. The van der Waals surface area contributed by atoms with E-state index in [4.69, 9.17) is 4.42 Å². The first-order valence-electron chi connectivity index (χ1n) is 7.82. The predicted molar refractivity (Wildman–Crippen MR) is 93.8 cm³/mol. The van der Waals surface area contributed by atoms with E-state index in [0.29, 0.717) is 33.8 Å². The number of carbonyl (C=O) groups is 1. The van der Waals surface area contributed by atoms with Crippen LogP contribution in [0.3, 0.4) is 0 Å². The Kier molecular flexibility index (Phi) is 3.93. The maximum Gasteiger partial charge on any atom is 0.255 e. The molecule has 1 amide bonds. The van der Waals surface area contributed by atoms with Crippen LogP contribution in [-0.2, 0) is 0 Å². The summed E-state index contributed by atoms with van der Waals surface area (Å²) in [6, 6.07) is 16.1. The van der Waals surface area contributed by atoms with Crippen LogP contribution in [0.5, 0.6) is 0 Å². The van der Waals surface area contributed by atoms with Crippen molar-refractivity contribution in [2.75, 3.05) is 5.32 Å². The van der Waals surface area contributed by atoms with E-state index in [1.807, 2.05) is 0 Å². The molecule has 1 heterocycles. The van der Waals surface area contributed by atoms with Gasteiger partial charge in [-0.1, -0.05) is 0 Å². The highest BCUT2D eigenvalue weighted by Gasteiger charge is 2.11. The average molecular weight is 350 g/mol. The number of nitrogens with one attached hydrogen (secondary N) is 1. The van der Waals surface area contributed by atoms with Crippen molar-refractivity contribution in [1.29, 1.82) is 0 Å². The number of halogens is 2. The van der Waals surface area contributed by atoms with Crippen LogP contribution < -0.4 is 5.32 Å². The van der Waals surface area contributed by atoms with Gasteiger partial charge in [0.25, 0.3) is 5.91 Å². The van der Waals surface area contributed by atoms with Crippen molar-refractivity contribution in [3.8, 4) is 11.5 Å². The van der Waals surface area contributed by atoms with E-state index in [-0.39, 0.29) is 11.7 Å². The van der Waals surface area contributed by atoms with Gasteiger partial charge in [0.2, 0.25) is 5.89 Å². The second-order valence-electron chi connectivity index (χ2n) is 5.67. The normalized spacial score (nSPS) is 10.8. The van der Waals surface area contributed by atoms with Crippen molar-refractivity contribution >= 4 is 22.7 Å². The van der Waals surface area contributed by atoms with Crippen LogP contribution in [0.4, 0.5) is 14.5 Å². The molecule has 0 aliphatic carbocycles. The molecule has 26 heavy (non-hydrogen) atoms. The number of amides is 1. The van der Waals surface area contributed by atoms with Crippen LogP contribution in [-0.4, -0.2) is 10.9 Å². The zero-order chi connectivity index (χ0) is 18.1. The molecule has 0 atom stereocenters. The zero-order valence-electron chi connectivity index (χ0n) is 13.4. The molecular formula is C20H12F2N2O2. The summed E-state index contributed by atoms with van der Waals surface area (Å²) in [4.78, 5) is 16.6. The number of hydrogen-bond donors (Lipinski definition) is 1. The fourth-order valence-electron chi connectivity index (χ4n) is 2.53. The summed E-state index contributed by atoms with van der Waals surface area (Å²) >= 11 is 0. The van der Waals surface area contributed by atoms with Crippen molar-refractivity contribution in [3.05, 3.63) is 83.9 Å². The molecule has 0 bridgehead atoms. The second kappa shape index (κ2) is 6.40. The molecule has 0 saturated carbocycles. The smallest absolute Gasteiger partial charge is 0.255 e. The van der Waals surface area contributed by atoms with E-state index in [1.165, 1.54) is 36.4 Å². The van der Waals surface area contributed by atoms with Crippen LogP contribution in [0, 0.1) is 11.6 Å². The van der Waals surface area contributed by atoms with E-state index in [1.54, 1.807) is 30.3 Å². The van der Waals surface area contributed by atoms with E-state index in [2.05, 4.69) is 10.3 Å². The number of oxazole rings is 1. The van der Waals surface area contributed by atoms with Gasteiger partial charge in [-0.25, -0.2) is 13.8 Å². The molecule has 6 heteroatoms. The topological polar surface area (TPSA) is 55.1 Å². The number of anilines is 1. The van der Waals surface area contributed by atoms with E-state index in [9.17, 15) is 13.6 Å². The van der Waals surface area contributed by atoms with Gasteiger partial charge in [-0.3, -0.25) is 4.79 Å². The van der Waals surface area contributed by atoms with Gasteiger partial charge >= 0.3 is 0 Å². The number of fused-ring (bicyclic) bond motifs is 1. The number of aromatic nitrogens is 1. The van der Waals surface area contributed by atoms with E-state index in [0.717, 1.165) is 0 Å². The van der Waals surface area contributed by atoms with Gasteiger partial charge in [0.15, 0.2) is 5.58 Å². The van der Waals surface area contributed by atoms with Gasteiger partial charge in [-0.15, -0.1) is 0 Å². The summed E-state index contributed by atoms with van der Waals surface area (Å²) in [6.45, 7) is 0. The zero-order valence-corrected chi connectivity index (χ0v) is 13.4. The van der Waals surface area contributed by atoms with E-state index >= 15 is 0 Å². The molecule has 4 rings (SSSR count). The molecular weight excluding hydrogens is 338 g/mol. The van der Waals surface area contributed by atoms with Crippen molar-refractivity contribution in [2.45, 2.75) is 0 Å². The van der Waals surface area contributed by atoms with Crippen LogP contribution in [0.15, 0.2) is 71.1 Å². The molecule has 0 aliphatic rings. The standard InChI is InChI=1S/C20H12F2N2O2/c21-14-5-1-12(2-6-14)19(25)23-16-9-10-18-17(11-16)24-20(26-18)13-3-7-15(22)8-4-13/h1-11H,(H,23,25). The third kappa shape index (κ3) is 3.17. The summed E-state index contributed by atoms with van der Waals surface area (Å²) in [5, 5.41) is 2.73. The maximum atomic E-state index is 13.0. The summed E-state index contributed by atoms with van der Waals surface area (Å²) in [5.74, 6) is -0.733. The Morgan fingerprint density at radius 1 is 0.885 bits per heavy atom. The molecule has 1 aromatic heterocycles. The number of carbonyl (C=O) groups excluding carboxylic acids is 1. The molecule has 0 fully saturated rings. The minimum Gasteiger partial charge on any atom is -0.436 e. The van der Waals surface area contributed by atoms with Gasteiger partial charge in [0.05, 0.1) is 0 Å². The molecule has 4 aromatic rings. The van der Waals surface area contributed by atoms with Gasteiger partial charge in [0.1, 0.15) is 17.2 Å². The molecule has 1 N–H and O–H groups in total. The van der Waals surface area contributed by atoms with Crippen molar-refractivity contribution < 1.29 is 18.0 Å². The number of hydrogen-bond acceptors (Lipinski definition) is 3. The van der Waals surface area contributed by atoms with Gasteiger partial charge < -0.3 is 9.73 Å². The van der Waals surface area contributed by atoms with E-state index < -0.39 is 5.82 Å². The van der Waals surface area contributed by atoms with Gasteiger partial charge in [-0.2, -0.15) is 0 Å². The maximum absolute atomic E-state index is 13.0. The lowest BCUT2D eigenvalue weighted by Crippen LogP contribution is -2.11. The first-order valence-corrected chi connectivity index (χ1v) is 7.82. The predicted octanol–water partition coefficient (Wildman–Crippen LogP) is 5.03. The van der Waals surface area contributed by atoms with Gasteiger partial charge in [0, 0.05) is 16.8 Å². The Morgan fingerprint density at radius 3 is 2.23 bits per heavy atom. The van der Waals surface area contributed by atoms with Gasteiger partial charge in [-0.05, 0) is 66.7 Å². The minimum absolute atomic E-state index is 0.337. The SMILES string of the molecule is O=C(Nc1ccc2oc(-c3ccc(F)cc3)nc2c1)c1ccc(F)cc1. The molecule has 0 saturated heterocycles. The monoisotopic (exact) mass is 350 g/mol. The van der Waals surface area contributed by atoms with Crippen LogP contribution in [0.2, 0.25) is 0 Å². The fraction of sp³-hybridized carbons (Fsp3) is 0. The minimum atomic E-state index is -0.404. The van der Waals surface area contributed by atoms with Crippen molar-refractivity contribution in [1.82, 2.24) is 4.98 Å². The highest BCUT2D eigenvalue weighted by Crippen LogP contribution is 2.26. The van der Waals surface area contributed by atoms with Crippen molar-refractivity contribution in [2.24, 2.45) is 0 Å². The molecule has 0 unspecified atom stereocenters. The number of benzene rings is 3. The third-order valence-corrected chi connectivity index (χ3v) is 3.84.